The van der Waals surface area contributed by atoms with E-state index >= 15 is 0 Å². The Balaban J connectivity index is 2.06. The predicted octanol–water partition coefficient (Wildman–Crippen LogP) is -0.230. The van der Waals surface area contributed by atoms with Crippen molar-refractivity contribution in [2.75, 3.05) is 11.9 Å². The quantitative estimate of drug-likeness (QED) is 0.745. The summed E-state index contributed by atoms with van der Waals surface area (Å²) in [5.41, 5.74) is 0. The predicted molar refractivity (Wildman–Crippen MR) is 64.5 cm³/mol. The van der Waals surface area contributed by atoms with E-state index in [1.807, 2.05) is 6.92 Å². The number of aromatic nitrogens is 4. The maximum Gasteiger partial charge on any atom is 0.244 e. The van der Waals surface area contributed by atoms with E-state index in [1.165, 1.54) is 12.4 Å². The van der Waals surface area contributed by atoms with Gasteiger partial charge in [0.25, 0.3) is 0 Å². The molecule has 2 heterocycles. The van der Waals surface area contributed by atoms with Gasteiger partial charge in [-0.1, -0.05) is 5.16 Å². The molecule has 2 rings (SSSR count). The van der Waals surface area contributed by atoms with Crippen molar-refractivity contribution in [3.63, 3.8) is 0 Å². The lowest BCUT2D eigenvalue weighted by Crippen LogP contribution is -2.24. The van der Waals surface area contributed by atoms with Crippen LogP contribution in [0.25, 0.3) is 0 Å². The molecule has 2 N–H and O–H groups in total. The van der Waals surface area contributed by atoms with E-state index in [-0.39, 0.29) is 17.3 Å². The molecule has 0 saturated heterocycles. The van der Waals surface area contributed by atoms with E-state index in [9.17, 15) is 8.42 Å². The fraction of sp³-hybridized carbons (Fsp3) is 0.333. The van der Waals surface area contributed by atoms with Crippen LogP contribution in [0.4, 0.5) is 5.95 Å². The van der Waals surface area contributed by atoms with Gasteiger partial charge in [0.1, 0.15) is 4.90 Å². The van der Waals surface area contributed by atoms with Gasteiger partial charge in [0.15, 0.2) is 5.82 Å². The average Bonchev–Trinajstić information content (AvgIpc) is 2.91. The zero-order valence-electron chi connectivity index (χ0n) is 10.1. The van der Waals surface area contributed by atoms with Gasteiger partial charge in [-0.25, -0.2) is 23.1 Å². The maximum atomic E-state index is 11.9. The minimum Gasteiger partial charge on any atom is -0.355 e. The SMILES string of the molecule is CCNc1ncc(S(=O)(=O)NCc2ncon2)cn1. The second kappa shape index (κ2) is 5.71. The van der Waals surface area contributed by atoms with Crippen molar-refractivity contribution in [1.82, 2.24) is 24.8 Å². The molecular formula is C9H12N6O3S. The van der Waals surface area contributed by atoms with E-state index in [0.717, 1.165) is 6.39 Å². The topological polar surface area (TPSA) is 123 Å². The Hall–Kier alpha value is -2.07. The van der Waals surface area contributed by atoms with Crippen molar-refractivity contribution in [3.8, 4) is 0 Å². The van der Waals surface area contributed by atoms with Crippen LogP contribution >= 0.6 is 0 Å². The Labute approximate surface area is 109 Å². The molecular weight excluding hydrogens is 272 g/mol. The molecule has 0 aliphatic carbocycles. The van der Waals surface area contributed by atoms with Crippen LogP contribution in [0.15, 0.2) is 28.2 Å². The van der Waals surface area contributed by atoms with Gasteiger partial charge in [-0.05, 0) is 6.92 Å². The largest absolute Gasteiger partial charge is 0.355 e. The van der Waals surface area contributed by atoms with E-state index in [4.69, 9.17) is 0 Å². The highest BCUT2D eigenvalue weighted by molar-refractivity contribution is 7.89. The first-order valence-corrected chi connectivity index (χ1v) is 6.91. The minimum absolute atomic E-state index is 0.0300. The minimum atomic E-state index is -3.69. The number of nitrogens with one attached hydrogen (secondary N) is 2. The molecule has 0 aromatic carbocycles. The summed E-state index contributed by atoms with van der Waals surface area (Å²) in [7, 11) is -3.69. The van der Waals surface area contributed by atoms with Crippen LogP contribution in [0.3, 0.4) is 0 Å². The number of sulfonamides is 1. The second-order valence-electron chi connectivity index (χ2n) is 3.44. The number of rotatable bonds is 6. The first kappa shape index (κ1) is 13.4. The highest BCUT2D eigenvalue weighted by Gasteiger charge is 2.15. The normalized spacial score (nSPS) is 11.4. The van der Waals surface area contributed by atoms with Gasteiger partial charge in [0.05, 0.1) is 18.9 Å². The molecule has 9 nitrogen and oxygen atoms in total. The first-order chi connectivity index (χ1) is 9.12. The molecule has 0 atom stereocenters. The summed E-state index contributed by atoms with van der Waals surface area (Å²) < 4.78 is 30.6. The molecule has 0 unspecified atom stereocenters. The van der Waals surface area contributed by atoms with E-state index in [2.05, 4.69) is 34.7 Å². The third-order valence-electron chi connectivity index (χ3n) is 2.10. The van der Waals surface area contributed by atoms with Gasteiger partial charge in [0, 0.05) is 6.54 Å². The Morgan fingerprint density at radius 1 is 1.26 bits per heavy atom. The zero-order valence-corrected chi connectivity index (χ0v) is 10.9. The summed E-state index contributed by atoms with van der Waals surface area (Å²) in [5, 5.41) is 6.37. The van der Waals surface area contributed by atoms with Crippen LogP contribution in [0.2, 0.25) is 0 Å². The molecule has 10 heteroatoms. The summed E-state index contributed by atoms with van der Waals surface area (Å²) in [4.78, 5) is 11.5. The van der Waals surface area contributed by atoms with Gasteiger partial charge in [0.2, 0.25) is 22.4 Å². The smallest absolute Gasteiger partial charge is 0.244 e. The molecule has 0 fully saturated rings. The van der Waals surface area contributed by atoms with Crippen LogP contribution in [-0.4, -0.2) is 35.1 Å². The van der Waals surface area contributed by atoms with Crippen LogP contribution in [0.1, 0.15) is 12.7 Å². The molecule has 0 spiro atoms. The fourth-order valence-electron chi connectivity index (χ4n) is 1.22. The molecule has 2 aromatic rings. The molecule has 19 heavy (non-hydrogen) atoms. The molecule has 0 amide bonds. The molecule has 0 aliphatic rings. The molecule has 0 aliphatic heterocycles. The van der Waals surface area contributed by atoms with Gasteiger partial charge in [-0.3, -0.25) is 0 Å². The number of anilines is 1. The van der Waals surface area contributed by atoms with Crippen molar-refractivity contribution >= 4 is 16.0 Å². The zero-order chi connectivity index (χ0) is 13.7. The van der Waals surface area contributed by atoms with E-state index < -0.39 is 10.0 Å². The van der Waals surface area contributed by atoms with E-state index in [1.54, 1.807) is 0 Å². The van der Waals surface area contributed by atoms with Crippen LogP contribution in [0.5, 0.6) is 0 Å². The van der Waals surface area contributed by atoms with Gasteiger partial charge in [-0.15, -0.1) is 0 Å². The fourth-order valence-corrected chi connectivity index (χ4v) is 2.09. The van der Waals surface area contributed by atoms with Crippen molar-refractivity contribution in [3.05, 3.63) is 24.6 Å². The summed E-state index contributed by atoms with van der Waals surface area (Å²) in [6.07, 6.45) is 3.57. The Morgan fingerprint density at radius 3 is 2.58 bits per heavy atom. The number of hydrogen-bond acceptors (Lipinski definition) is 8. The average molecular weight is 284 g/mol. The van der Waals surface area contributed by atoms with Crippen LogP contribution < -0.4 is 10.0 Å². The lowest BCUT2D eigenvalue weighted by atomic mass is 10.6. The number of hydrogen-bond donors (Lipinski definition) is 2. The summed E-state index contributed by atoms with van der Waals surface area (Å²) in [6, 6.07) is 0. The lowest BCUT2D eigenvalue weighted by Gasteiger charge is -2.05. The summed E-state index contributed by atoms with van der Waals surface area (Å²) in [5.74, 6) is 0.619. The molecule has 0 saturated carbocycles. The second-order valence-corrected chi connectivity index (χ2v) is 5.21. The Morgan fingerprint density at radius 2 is 2.00 bits per heavy atom. The molecule has 0 bridgehead atoms. The van der Waals surface area contributed by atoms with Crippen LogP contribution in [-0.2, 0) is 16.6 Å². The highest BCUT2D eigenvalue weighted by Crippen LogP contribution is 2.07. The van der Waals surface area contributed by atoms with Crippen molar-refractivity contribution in [2.45, 2.75) is 18.4 Å². The molecule has 0 radical (unpaired) electrons. The lowest BCUT2D eigenvalue weighted by molar-refractivity contribution is 0.409. The van der Waals surface area contributed by atoms with E-state index in [0.29, 0.717) is 12.5 Å². The summed E-state index contributed by atoms with van der Waals surface area (Å²) in [6.45, 7) is 2.48. The molecule has 2 aromatic heterocycles. The Kier molecular flexibility index (Phi) is 4.02. The van der Waals surface area contributed by atoms with Gasteiger partial charge in [-0.2, -0.15) is 4.98 Å². The Bertz CT molecular complexity index is 610. The standard InChI is InChI=1S/C9H12N6O3S/c1-2-10-9-11-3-7(4-12-9)19(16,17)14-5-8-13-6-18-15-8/h3-4,6,14H,2,5H2,1H3,(H,10,11,12). The first-order valence-electron chi connectivity index (χ1n) is 5.42. The summed E-state index contributed by atoms with van der Waals surface area (Å²) >= 11 is 0. The van der Waals surface area contributed by atoms with Crippen molar-refractivity contribution in [1.29, 1.82) is 0 Å². The number of nitrogens with zero attached hydrogens (tertiary/aromatic N) is 4. The highest BCUT2D eigenvalue weighted by atomic mass is 32.2. The van der Waals surface area contributed by atoms with Gasteiger partial charge >= 0.3 is 0 Å². The molecule has 102 valence electrons. The monoisotopic (exact) mass is 284 g/mol. The third kappa shape index (κ3) is 3.45. The van der Waals surface area contributed by atoms with Crippen LogP contribution in [0, 0.1) is 0 Å². The van der Waals surface area contributed by atoms with Gasteiger partial charge < -0.3 is 9.84 Å². The maximum absolute atomic E-state index is 11.9. The van der Waals surface area contributed by atoms with Crippen molar-refractivity contribution in [2.24, 2.45) is 0 Å². The van der Waals surface area contributed by atoms with Crippen molar-refractivity contribution < 1.29 is 12.9 Å². The third-order valence-corrected chi connectivity index (χ3v) is 3.46.